The largest absolute Gasteiger partial charge is 0.465 e. The van der Waals surface area contributed by atoms with Gasteiger partial charge in [0.2, 0.25) is 0 Å². The van der Waals surface area contributed by atoms with E-state index in [9.17, 15) is 14.0 Å². The fraction of sp³-hybridized carbons (Fsp3) is 0.385. The van der Waals surface area contributed by atoms with Gasteiger partial charge >= 0.3 is 5.97 Å². The maximum atomic E-state index is 13.0. The third kappa shape index (κ3) is 2.88. The molecular weight excluding hydrogens is 259 g/mol. The van der Waals surface area contributed by atoms with Crippen LogP contribution in [0.15, 0.2) is 18.2 Å². The van der Waals surface area contributed by atoms with Gasteiger partial charge in [-0.1, -0.05) is 11.6 Å². The van der Waals surface area contributed by atoms with Gasteiger partial charge in [0.15, 0.2) is 5.78 Å². The second-order valence-corrected chi connectivity index (χ2v) is 4.71. The summed E-state index contributed by atoms with van der Waals surface area (Å²) in [6, 6.07) is 3.60. The second-order valence-electron chi connectivity index (χ2n) is 4.30. The molecule has 0 N–H and O–H groups in total. The van der Waals surface area contributed by atoms with Gasteiger partial charge in [-0.3, -0.25) is 9.59 Å². The van der Waals surface area contributed by atoms with E-state index in [-0.39, 0.29) is 17.2 Å². The molecule has 0 spiro atoms. The molecule has 1 aromatic rings. The van der Waals surface area contributed by atoms with Crippen LogP contribution < -0.4 is 0 Å². The van der Waals surface area contributed by atoms with Crippen LogP contribution in [0, 0.1) is 11.2 Å². The summed E-state index contributed by atoms with van der Waals surface area (Å²) < 4.78 is 17.8. The van der Waals surface area contributed by atoms with Crippen molar-refractivity contribution < 1.29 is 18.7 Å². The Morgan fingerprint density at radius 1 is 1.39 bits per heavy atom. The van der Waals surface area contributed by atoms with Crippen LogP contribution in [0.25, 0.3) is 0 Å². The minimum atomic E-state index is -1.32. The van der Waals surface area contributed by atoms with Gasteiger partial charge in [0.1, 0.15) is 11.2 Å². The van der Waals surface area contributed by atoms with Crippen LogP contribution in [0.3, 0.4) is 0 Å². The summed E-state index contributed by atoms with van der Waals surface area (Å²) in [7, 11) is 0. The van der Waals surface area contributed by atoms with Gasteiger partial charge in [0, 0.05) is 5.56 Å². The Morgan fingerprint density at radius 2 is 2.00 bits per heavy atom. The number of halogens is 2. The van der Waals surface area contributed by atoms with Gasteiger partial charge in [0.25, 0.3) is 0 Å². The van der Waals surface area contributed by atoms with Gasteiger partial charge in [-0.15, -0.1) is 0 Å². The van der Waals surface area contributed by atoms with Gasteiger partial charge < -0.3 is 4.74 Å². The first-order chi connectivity index (χ1) is 8.30. The fourth-order valence-electron chi connectivity index (χ4n) is 1.40. The van der Waals surface area contributed by atoms with E-state index in [1.165, 1.54) is 26.0 Å². The molecule has 0 amide bonds. The topological polar surface area (TPSA) is 43.4 Å². The van der Waals surface area contributed by atoms with Crippen molar-refractivity contribution in [2.24, 2.45) is 5.41 Å². The van der Waals surface area contributed by atoms with E-state index < -0.39 is 23.0 Å². The predicted molar refractivity (Wildman–Crippen MR) is 66.2 cm³/mol. The standard InChI is InChI=1S/C13H14ClFO3/c1-4-18-12(17)13(2,3)11(16)8-5-6-10(15)9(14)7-8/h5-7H,4H2,1-3H3. The first-order valence-corrected chi connectivity index (χ1v) is 5.85. The fourth-order valence-corrected chi connectivity index (χ4v) is 1.58. The van der Waals surface area contributed by atoms with Gasteiger partial charge in [-0.2, -0.15) is 0 Å². The molecule has 0 fully saturated rings. The predicted octanol–water partition coefficient (Wildman–Crippen LogP) is 3.25. The second kappa shape index (κ2) is 5.48. The molecule has 1 aromatic carbocycles. The molecule has 0 unspecified atom stereocenters. The maximum Gasteiger partial charge on any atom is 0.319 e. The van der Waals surface area contributed by atoms with Crippen LogP contribution in [0.2, 0.25) is 5.02 Å². The van der Waals surface area contributed by atoms with E-state index >= 15 is 0 Å². The van der Waals surface area contributed by atoms with Crippen LogP contribution in [0.4, 0.5) is 4.39 Å². The Balaban J connectivity index is 3.05. The molecule has 18 heavy (non-hydrogen) atoms. The normalized spacial score (nSPS) is 11.2. The highest BCUT2D eigenvalue weighted by Gasteiger charge is 2.38. The number of hydrogen-bond acceptors (Lipinski definition) is 3. The first-order valence-electron chi connectivity index (χ1n) is 5.47. The van der Waals surface area contributed by atoms with Crippen molar-refractivity contribution in [3.63, 3.8) is 0 Å². The lowest BCUT2D eigenvalue weighted by Crippen LogP contribution is -2.35. The molecule has 3 nitrogen and oxygen atoms in total. The highest BCUT2D eigenvalue weighted by Crippen LogP contribution is 2.26. The monoisotopic (exact) mass is 272 g/mol. The number of rotatable bonds is 4. The third-order valence-corrected chi connectivity index (χ3v) is 2.82. The quantitative estimate of drug-likeness (QED) is 0.480. The Hall–Kier alpha value is -1.42. The number of hydrogen-bond donors (Lipinski definition) is 0. The molecule has 98 valence electrons. The van der Waals surface area contributed by atoms with E-state index in [2.05, 4.69) is 0 Å². The molecule has 1 rings (SSSR count). The SMILES string of the molecule is CCOC(=O)C(C)(C)C(=O)c1ccc(F)c(Cl)c1. The van der Waals surface area contributed by atoms with Crippen LogP contribution in [-0.4, -0.2) is 18.4 Å². The molecule has 0 aliphatic heterocycles. The van der Waals surface area contributed by atoms with Gasteiger partial charge in [-0.25, -0.2) is 4.39 Å². The first kappa shape index (κ1) is 14.6. The number of Topliss-reactive ketones (excluding diaryl/α,β-unsaturated/α-hetero) is 1. The molecule has 0 radical (unpaired) electrons. The number of esters is 1. The molecule has 0 heterocycles. The number of ketones is 1. The molecule has 0 aromatic heterocycles. The summed E-state index contributed by atoms with van der Waals surface area (Å²) in [5.74, 6) is -1.68. The van der Waals surface area contributed by atoms with Crippen molar-refractivity contribution in [2.45, 2.75) is 20.8 Å². The zero-order chi connectivity index (χ0) is 13.9. The number of benzene rings is 1. The number of ether oxygens (including phenoxy) is 1. The van der Waals surface area contributed by atoms with Crippen LogP contribution in [0.1, 0.15) is 31.1 Å². The van der Waals surface area contributed by atoms with Crippen molar-refractivity contribution in [3.05, 3.63) is 34.6 Å². The lowest BCUT2D eigenvalue weighted by Gasteiger charge is -2.20. The van der Waals surface area contributed by atoms with Gasteiger partial charge in [-0.05, 0) is 39.0 Å². The smallest absolute Gasteiger partial charge is 0.319 e. The van der Waals surface area contributed by atoms with E-state index in [1.807, 2.05) is 0 Å². The molecule has 0 aliphatic rings. The number of carbonyl (C=O) groups excluding carboxylic acids is 2. The summed E-state index contributed by atoms with van der Waals surface area (Å²) in [6.07, 6.45) is 0. The van der Waals surface area contributed by atoms with Crippen LogP contribution >= 0.6 is 11.6 Å². The summed E-state index contributed by atoms with van der Waals surface area (Å²) in [4.78, 5) is 23.8. The molecule has 0 aliphatic carbocycles. The summed E-state index contributed by atoms with van der Waals surface area (Å²) in [5, 5.41) is -0.152. The molecule has 0 atom stereocenters. The van der Waals surface area contributed by atoms with Crippen LogP contribution in [0.5, 0.6) is 0 Å². The van der Waals surface area contributed by atoms with E-state index in [4.69, 9.17) is 16.3 Å². The summed E-state index contributed by atoms with van der Waals surface area (Å²) >= 11 is 5.61. The Bertz CT molecular complexity index is 483. The zero-order valence-corrected chi connectivity index (χ0v) is 11.2. The van der Waals surface area contributed by atoms with Crippen molar-refractivity contribution in [1.29, 1.82) is 0 Å². The van der Waals surface area contributed by atoms with Gasteiger partial charge in [0.05, 0.1) is 11.6 Å². The minimum absolute atomic E-state index is 0.152. The average molecular weight is 273 g/mol. The van der Waals surface area contributed by atoms with Crippen molar-refractivity contribution >= 4 is 23.4 Å². The van der Waals surface area contributed by atoms with E-state index in [1.54, 1.807) is 6.92 Å². The summed E-state index contributed by atoms with van der Waals surface area (Å²) in [6.45, 7) is 4.78. The molecule has 0 saturated heterocycles. The molecule has 0 saturated carbocycles. The van der Waals surface area contributed by atoms with E-state index in [0.29, 0.717) is 0 Å². The maximum absolute atomic E-state index is 13.0. The zero-order valence-electron chi connectivity index (χ0n) is 10.4. The van der Waals surface area contributed by atoms with Crippen molar-refractivity contribution in [1.82, 2.24) is 0 Å². The lowest BCUT2D eigenvalue weighted by molar-refractivity contribution is -0.150. The summed E-state index contributed by atoms with van der Waals surface area (Å²) in [5.41, 5.74) is -1.14. The lowest BCUT2D eigenvalue weighted by atomic mass is 9.84. The van der Waals surface area contributed by atoms with Crippen molar-refractivity contribution in [3.8, 4) is 0 Å². The average Bonchev–Trinajstić information content (AvgIpc) is 2.32. The highest BCUT2D eigenvalue weighted by molar-refractivity contribution is 6.31. The molecular formula is C13H14ClFO3. The highest BCUT2D eigenvalue weighted by atomic mass is 35.5. The Kier molecular flexibility index (Phi) is 4.46. The third-order valence-electron chi connectivity index (χ3n) is 2.54. The molecule has 5 heteroatoms. The van der Waals surface area contributed by atoms with E-state index in [0.717, 1.165) is 6.07 Å². The number of carbonyl (C=O) groups is 2. The minimum Gasteiger partial charge on any atom is -0.465 e. The van der Waals surface area contributed by atoms with Crippen LogP contribution in [-0.2, 0) is 9.53 Å². The Morgan fingerprint density at radius 3 is 2.50 bits per heavy atom. The molecule has 0 bridgehead atoms. The van der Waals surface area contributed by atoms with Crippen molar-refractivity contribution in [2.75, 3.05) is 6.61 Å². The Labute approximate surface area is 110 Å².